The Balaban J connectivity index is 1.70. The van der Waals surface area contributed by atoms with Gasteiger partial charge in [-0.15, -0.1) is 0 Å². The zero-order chi connectivity index (χ0) is 13.4. The first kappa shape index (κ1) is 12.5. The lowest BCUT2D eigenvalue weighted by atomic mass is 10.1. The van der Waals surface area contributed by atoms with E-state index in [4.69, 9.17) is 0 Å². The first-order chi connectivity index (χ1) is 9.15. The van der Waals surface area contributed by atoms with Crippen LogP contribution in [0.2, 0.25) is 0 Å². The number of hydrogen-bond donors (Lipinski definition) is 1. The zero-order valence-electron chi connectivity index (χ0n) is 11.7. The summed E-state index contributed by atoms with van der Waals surface area (Å²) in [5.74, 6) is 1.01. The molecule has 0 aromatic heterocycles. The lowest BCUT2D eigenvalue weighted by molar-refractivity contribution is -0.133. The molecular weight excluding hydrogens is 236 g/mol. The van der Waals surface area contributed by atoms with Crippen molar-refractivity contribution < 1.29 is 4.79 Å². The molecular formula is C16H22N2O. The molecule has 1 aliphatic heterocycles. The molecule has 3 rings (SSSR count). The summed E-state index contributed by atoms with van der Waals surface area (Å²) in [4.78, 5) is 14.7. The molecule has 1 saturated carbocycles. The second-order valence-electron chi connectivity index (χ2n) is 6.09. The third-order valence-electron chi connectivity index (χ3n) is 4.13. The number of rotatable bonds is 4. The average molecular weight is 258 g/mol. The molecule has 1 aromatic rings. The van der Waals surface area contributed by atoms with Crippen LogP contribution in [0, 0.1) is 5.92 Å². The summed E-state index contributed by atoms with van der Waals surface area (Å²) in [6.45, 7) is 5.16. The maximum Gasteiger partial charge on any atom is 0.245 e. The minimum Gasteiger partial charge on any atom is -0.373 e. The van der Waals surface area contributed by atoms with Crippen molar-refractivity contribution in [3.63, 3.8) is 0 Å². The molecule has 1 aliphatic carbocycles. The molecule has 0 spiro atoms. The van der Waals surface area contributed by atoms with Crippen molar-refractivity contribution in [2.45, 2.75) is 45.2 Å². The van der Waals surface area contributed by atoms with Gasteiger partial charge >= 0.3 is 0 Å². The molecule has 1 unspecified atom stereocenters. The van der Waals surface area contributed by atoms with E-state index in [1.807, 2.05) is 12.1 Å². The van der Waals surface area contributed by atoms with Crippen molar-refractivity contribution in [1.29, 1.82) is 0 Å². The van der Waals surface area contributed by atoms with Crippen molar-refractivity contribution in [2.75, 3.05) is 11.9 Å². The maximum atomic E-state index is 12.7. The molecule has 1 aromatic carbocycles. The molecule has 1 N–H and O–H groups in total. The molecule has 2 aliphatic rings. The van der Waals surface area contributed by atoms with Crippen LogP contribution >= 0.6 is 0 Å². The van der Waals surface area contributed by atoms with Crippen LogP contribution in [0.5, 0.6) is 0 Å². The molecule has 3 heteroatoms. The van der Waals surface area contributed by atoms with Gasteiger partial charge in [-0.25, -0.2) is 0 Å². The predicted octanol–water partition coefficient (Wildman–Crippen LogP) is 2.67. The molecule has 1 atom stereocenters. The Kier molecular flexibility index (Phi) is 3.21. The number of hydrogen-bond acceptors (Lipinski definition) is 2. The quantitative estimate of drug-likeness (QED) is 0.900. The topological polar surface area (TPSA) is 32.3 Å². The normalized spacial score (nSPS) is 21.1. The Bertz CT molecular complexity index is 454. The Morgan fingerprint density at radius 2 is 2.11 bits per heavy atom. The molecule has 19 heavy (non-hydrogen) atoms. The van der Waals surface area contributed by atoms with Gasteiger partial charge in [-0.1, -0.05) is 18.2 Å². The summed E-state index contributed by atoms with van der Waals surface area (Å²) in [5.41, 5.74) is 2.38. The van der Waals surface area contributed by atoms with Crippen LogP contribution in [0.3, 0.4) is 0 Å². The lowest BCUT2D eigenvalue weighted by Gasteiger charge is -2.29. The Morgan fingerprint density at radius 1 is 1.37 bits per heavy atom. The van der Waals surface area contributed by atoms with Crippen molar-refractivity contribution in [2.24, 2.45) is 5.92 Å². The van der Waals surface area contributed by atoms with Gasteiger partial charge in [-0.05, 0) is 44.2 Å². The molecule has 1 heterocycles. The summed E-state index contributed by atoms with van der Waals surface area (Å²) < 4.78 is 0. The summed E-state index contributed by atoms with van der Waals surface area (Å²) in [5, 5.41) is 3.37. The number of carbonyl (C=O) groups is 1. The van der Waals surface area contributed by atoms with E-state index in [0.29, 0.717) is 6.04 Å². The highest BCUT2D eigenvalue weighted by molar-refractivity contribution is 5.87. The van der Waals surface area contributed by atoms with E-state index < -0.39 is 0 Å². The smallest absolute Gasteiger partial charge is 0.245 e. The van der Waals surface area contributed by atoms with E-state index in [1.165, 1.54) is 18.4 Å². The van der Waals surface area contributed by atoms with Gasteiger partial charge in [0.15, 0.2) is 0 Å². The third kappa shape index (κ3) is 2.60. The fraction of sp³-hybridized carbons (Fsp3) is 0.562. The van der Waals surface area contributed by atoms with E-state index in [2.05, 4.69) is 36.2 Å². The van der Waals surface area contributed by atoms with Crippen molar-refractivity contribution in [3.8, 4) is 0 Å². The van der Waals surface area contributed by atoms with Crippen LogP contribution in [-0.2, 0) is 11.2 Å². The van der Waals surface area contributed by atoms with Gasteiger partial charge in [-0.2, -0.15) is 0 Å². The average Bonchev–Trinajstić information content (AvgIpc) is 3.10. The van der Waals surface area contributed by atoms with Crippen LogP contribution in [0.1, 0.15) is 32.3 Å². The van der Waals surface area contributed by atoms with Gasteiger partial charge in [0, 0.05) is 24.7 Å². The van der Waals surface area contributed by atoms with Crippen molar-refractivity contribution in [1.82, 2.24) is 4.90 Å². The number of benzene rings is 1. The van der Waals surface area contributed by atoms with E-state index in [0.717, 1.165) is 24.6 Å². The molecule has 1 amide bonds. The number of nitrogens with one attached hydrogen (secondary N) is 1. The molecule has 3 nitrogen and oxygen atoms in total. The van der Waals surface area contributed by atoms with Crippen LogP contribution in [0.4, 0.5) is 5.69 Å². The second kappa shape index (κ2) is 4.87. The number of anilines is 1. The van der Waals surface area contributed by atoms with Crippen LogP contribution in [0.15, 0.2) is 24.3 Å². The second-order valence-corrected chi connectivity index (χ2v) is 6.09. The number of para-hydroxylation sites is 1. The monoisotopic (exact) mass is 258 g/mol. The molecule has 0 bridgehead atoms. The summed E-state index contributed by atoms with van der Waals surface area (Å²) in [6.07, 6.45) is 3.40. The first-order valence-electron chi connectivity index (χ1n) is 7.30. The predicted molar refractivity (Wildman–Crippen MR) is 77.1 cm³/mol. The highest BCUT2D eigenvalue weighted by atomic mass is 16.2. The lowest BCUT2D eigenvalue weighted by Crippen LogP contribution is -2.46. The zero-order valence-corrected chi connectivity index (χ0v) is 11.7. The molecule has 0 radical (unpaired) electrons. The molecule has 1 fully saturated rings. The Morgan fingerprint density at radius 3 is 2.74 bits per heavy atom. The minimum absolute atomic E-state index is 0.0708. The van der Waals surface area contributed by atoms with Crippen LogP contribution in [0.25, 0.3) is 0 Å². The fourth-order valence-corrected chi connectivity index (χ4v) is 2.78. The summed E-state index contributed by atoms with van der Waals surface area (Å²) >= 11 is 0. The van der Waals surface area contributed by atoms with Gasteiger partial charge in [0.05, 0.1) is 0 Å². The summed E-state index contributed by atoms with van der Waals surface area (Å²) in [6, 6.07) is 8.44. The first-order valence-corrected chi connectivity index (χ1v) is 7.30. The van der Waals surface area contributed by atoms with Gasteiger partial charge in [0.25, 0.3) is 0 Å². The minimum atomic E-state index is -0.0708. The van der Waals surface area contributed by atoms with E-state index in [1.54, 1.807) is 0 Å². The van der Waals surface area contributed by atoms with Gasteiger partial charge in [-0.3, -0.25) is 4.79 Å². The number of amides is 1. The Labute approximate surface area is 115 Å². The number of fused-ring (bicyclic) bond motifs is 1. The maximum absolute atomic E-state index is 12.7. The van der Waals surface area contributed by atoms with Gasteiger partial charge in [0.2, 0.25) is 5.91 Å². The van der Waals surface area contributed by atoms with E-state index in [9.17, 15) is 4.79 Å². The number of nitrogens with zero attached hydrogens (tertiary/aromatic N) is 1. The van der Waals surface area contributed by atoms with Crippen LogP contribution < -0.4 is 5.32 Å². The largest absolute Gasteiger partial charge is 0.373 e. The van der Waals surface area contributed by atoms with Crippen molar-refractivity contribution in [3.05, 3.63) is 29.8 Å². The molecule has 0 saturated heterocycles. The van der Waals surface area contributed by atoms with Gasteiger partial charge in [0.1, 0.15) is 6.04 Å². The van der Waals surface area contributed by atoms with Crippen molar-refractivity contribution >= 4 is 11.6 Å². The Hall–Kier alpha value is -1.51. The van der Waals surface area contributed by atoms with E-state index >= 15 is 0 Å². The molecule has 102 valence electrons. The highest BCUT2D eigenvalue weighted by Gasteiger charge is 2.34. The number of carbonyl (C=O) groups excluding carboxylic acids is 1. The van der Waals surface area contributed by atoms with Crippen LogP contribution in [-0.4, -0.2) is 29.4 Å². The highest BCUT2D eigenvalue weighted by Crippen LogP contribution is 2.32. The van der Waals surface area contributed by atoms with E-state index in [-0.39, 0.29) is 11.9 Å². The van der Waals surface area contributed by atoms with Gasteiger partial charge < -0.3 is 10.2 Å². The standard InChI is InChI=1S/C16H22N2O/c1-11(2)18(10-12-7-8-12)16(19)15-9-13-5-3-4-6-14(13)17-15/h3-6,11-12,15,17H,7-10H2,1-2H3. The SMILES string of the molecule is CC(C)N(CC1CC1)C(=O)C1Cc2ccccc2N1. The fourth-order valence-electron chi connectivity index (χ4n) is 2.78. The third-order valence-corrected chi connectivity index (χ3v) is 4.13. The summed E-state index contributed by atoms with van der Waals surface area (Å²) in [7, 11) is 0.